The van der Waals surface area contributed by atoms with Gasteiger partial charge in [0.2, 0.25) is 0 Å². The van der Waals surface area contributed by atoms with Gasteiger partial charge in [-0.1, -0.05) is 62.9 Å². The van der Waals surface area contributed by atoms with Gasteiger partial charge in [0.05, 0.1) is 0 Å². The topological polar surface area (TPSA) is 17.1 Å². The number of halogens is 1. The van der Waals surface area contributed by atoms with Crippen LogP contribution in [0.5, 0.6) is 0 Å². The average molecular weight is 253 g/mol. The molecule has 0 saturated carbocycles. The predicted octanol–water partition coefficient (Wildman–Crippen LogP) is 4.90. The van der Waals surface area contributed by atoms with Gasteiger partial charge in [-0.25, -0.2) is 0 Å². The van der Waals surface area contributed by atoms with Crippen LogP contribution in [0.4, 0.5) is 0 Å². The minimum atomic E-state index is -0.470. The van der Waals surface area contributed by atoms with Crippen LogP contribution < -0.4 is 0 Å². The van der Waals surface area contributed by atoms with E-state index in [1.807, 2.05) is 30.3 Å². The van der Waals surface area contributed by atoms with E-state index in [1.54, 1.807) is 0 Å². The van der Waals surface area contributed by atoms with Gasteiger partial charge in [-0.2, -0.15) is 0 Å². The highest BCUT2D eigenvalue weighted by atomic mass is 35.5. The molecule has 17 heavy (non-hydrogen) atoms. The maximum Gasteiger partial charge on any atom is 0.155 e. The summed E-state index contributed by atoms with van der Waals surface area (Å²) in [7, 11) is 0. The van der Waals surface area contributed by atoms with Crippen LogP contribution in [0.2, 0.25) is 0 Å². The van der Waals surface area contributed by atoms with Crippen LogP contribution in [0.15, 0.2) is 30.3 Å². The third kappa shape index (κ3) is 5.36. The van der Waals surface area contributed by atoms with Gasteiger partial charge < -0.3 is 0 Å². The molecular weight excluding hydrogens is 232 g/mol. The number of ketones is 1. The Morgan fingerprint density at radius 2 is 1.76 bits per heavy atom. The lowest BCUT2D eigenvalue weighted by Crippen LogP contribution is -2.06. The molecule has 1 atom stereocenters. The second-order valence-corrected chi connectivity index (χ2v) is 4.84. The van der Waals surface area contributed by atoms with Crippen molar-refractivity contribution in [1.29, 1.82) is 0 Å². The van der Waals surface area contributed by atoms with Crippen molar-refractivity contribution >= 4 is 17.4 Å². The predicted molar refractivity (Wildman–Crippen MR) is 73.4 cm³/mol. The summed E-state index contributed by atoms with van der Waals surface area (Å²) in [5.74, 6) is 0.148. The Hall–Kier alpha value is -0.820. The van der Waals surface area contributed by atoms with E-state index in [9.17, 15) is 4.79 Å². The molecule has 0 heterocycles. The van der Waals surface area contributed by atoms with Crippen LogP contribution in [-0.4, -0.2) is 5.78 Å². The van der Waals surface area contributed by atoms with Gasteiger partial charge in [0.1, 0.15) is 5.38 Å². The Bertz CT molecular complexity index is 321. The summed E-state index contributed by atoms with van der Waals surface area (Å²) in [4.78, 5) is 11.8. The van der Waals surface area contributed by atoms with E-state index in [4.69, 9.17) is 11.6 Å². The molecule has 1 unspecified atom stereocenters. The number of Topliss-reactive ketones (excluding diaryl/α,β-unsaturated/α-hetero) is 1. The molecule has 1 aromatic carbocycles. The van der Waals surface area contributed by atoms with Crippen molar-refractivity contribution in [2.45, 2.75) is 50.8 Å². The molecule has 0 saturated heterocycles. The molecule has 1 aromatic rings. The molecule has 0 spiro atoms. The molecular formula is C15H21ClO. The number of carbonyl (C=O) groups is 1. The lowest BCUT2D eigenvalue weighted by Gasteiger charge is -2.08. The first-order valence-corrected chi connectivity index (χ1v) is 6.91. The first-order chi connectivity index (χ1) is 8.25. The van der Waals surface area contributed by atoms with Crippen molar-refractivity contribution < 1.29 is 4.79 Å². The fourth-order valence-corrected chi connectivity index (χ4v) is 2.09. The fraction of sp³-hybridized carbons (Fsp3) is 0.533. The number of benzene rings is 1. The van der Waals surface area contributed by atoms with E-state index in [-0.39, 0.29) is 5.78 Å². The molecule has 0 aliphatic rings. The zero-order chi connectivity index (χ0) is 12.5. The summed E-state index contributed by atoms with van der Waals surface area (Å²) in [5, 5.41) is -0.470. The lowest BCUT2D eigenvalue weighted by atomic mass is 10.0. The summed E-state index contributed by atoms with van der Waals surface area (Å²) in [6, 6.07) is 9.58. The smallest absolute Gasteiger partial charge is 0.155 e. The van der Waals surface area contributed by atoms with E-state index in [0.717, 1.165) is 18.4 Å². The Kier molecular flexibility index (Phi) is 6.95. The van der Waals surface area contributed by atoms with Gasteiger partial charge in [0.15, 0.2) is 5.78 Å². The molecule has 0 aliphatic carbocycles. The van der Waals surface area contributed by atoms with Crippen molar-refractivity contribution in [2.24, 2.45) is 0 Å². The number of alkyl halides is 1. The van der Waals surface area contributed by atoms with Crippen LogP contribution in [0.25, 0.3) is 0 Å². The Balaban J connectivity index is 2.28. The highest BCUT2D eigenvalue weighted by Crippen LogP contribution is 2.23. The lowest BCUT2D eigenvalue weighted by molar-refractivity contribution is -0.118. The summed E-state index contributed by atoms with van der Waals surface area (Å²) in [6.07, 6.45) is 6.43. The third-order valence-corrected chi connectivity index (χ3v) is 3.40. The van der Waals surface area contributed by atoms with E-state index in [2.05, 4.69) is 6.92 Å². The molecule has 0 bridgehead atoms. The van der Waals surface area contributed by atoms with Crippen LogP contribution >= 0.6 is 11.6 Å². The van der Waals surface area contributed by atoms with Crippen molar-refractivity contribution in [3.8, 4) is 0 Å². The number of hydrogen-bond acceptors (Lipinski definition) is 1. The summed E-state index contributed by atoms with van der Waals surface area (Å²) < 4.78 is 0. The van der Waals surface area contributed by atoms with Crippen molar-refractivity contribution in [2.75, 3.05) is 0 Å². The standard InChI is InChI=1S/C15H21ClO/c1-2-3-4-5-9-12-14(17)15(16)13-10-7-6-8-11-13/h6-8,10-11,15H,2-5,9,12H2,1H3. The zero-order valence-corrected chi connectivity index (χ0v) is 11.2. The van der Waals surface area contributed by atoms with Gasteiger partial charge in [0, 0.05) is 6.42 Å². The maximum absolute atomic E-state index is 11.8. The van der Waals surface area contributed by atoms with Crippen molar-refractivity contribution in [3.05, 3.63) is 35.9 Å². The average Bonchev–Trinajstić information content (AvgIpc) is 2.38. The van der Waals surface area contributed by atoms with E-state index in [1.165, 1.54) is 19.3 Å². The molecule has 0 fully saturated rings. The Morgan fingerprint density at radius 1 is 1.12 bits per heavy atom. The number of unbranched alkanes of at least 4 members (excludes halogenated alkanes) is 4. The Labute approximate surface area is 109 Å². The van der Waals surface area contributed by atoms with Gasteiger partial charge in [-0.3, -0.25) is 4.79 Å². The van der Waals surface area contributed by atoms with Crippen LogP contribution in [0.3, 0.4) is 0 Å². The van der Waals surface area contributed by atoms with E-state index < -0.39 is 5.38 Å². The van der Waals surface area contributed by atoms with Crippen molar-refractivity contribution in [1.82, 2.24) is 0 Å². The van der Waals surface area contributed by atoms with E-state index >= 15 is 0 Å². The highest BCUT2D eigenvalue weighted by molar-refractivity contribution is 6.31. The molecule has 0 aliphatic heterocycles. The highest BCUT2D eigenvalue weighted by Gasteiger charge is 2.16. The third-order valence-electron chi connectivity index (χ3n) is 2.90. The first kappa shape index (κ1) is 14.2. The van der Waals surface area contributed by atoms with E-state index in [0.29, 0.717) is 6.42 Å². The molecule has 1 rings (SSSR count). The first-order valence-electron chi connectivity index (χ1n) is 6.47. The zero-order valence-electron chi connectivity index (χ0n) is 10.5. The quantitative estimate of drug-likeness (QED) is 0.475. The maximum atomic E-state index is 11.8. The molecule has 2 heteroatoms. The number of rotatable bonds is 8. The Morgan fingerprint density at radius 3 is 2.41 bits per heavy atom. The minimum absolute atomic E-state index is 0.148. The van der Waals surface area contributed by atoms with Gasteiger partial charge in [0.25, 0.3) is 0 Å². The van der Waals surface area contributed by atoms with Crippen LogP contribution in [-0.2, 0) is 4.79 Å². The fourth-order valence-electron chi connectivity index (χ4n) is 1.84. The molecule has 0 aromatic heterocycles. The second-order valence-electron chi connectivity index (χ2n) is 4.40. The number of hydrogen-bond donors (Lipinski definition) is 0. The summed E-state index contributed by atoms with van der Waals surface area (Å²) in [5.41, 5.74) is 0.910. The van der Waals surface area contributed by atoms with Gasteiger partial charge in [-0.05, 0) is 12.0 Å². The molecule has 0 amide bonds. The van der Waals surface area contributed by atoms with Gasteiger partial charge >= 0.3 is 0 Å². The largest absolute Gasteiger partial charge is 0.298 e. The molecule has 0 N–H and O–H groups in total. The molecule has 1 nitrogen and oxygen atoms in total. The molecule has 94 valence electrons. The molecule has 0 radical (unpaired) electrons. The monoisotopic (exact) mass is 252 g/mol. The van der Waals surface area contributed by atoms with Crippen molar-refractivity contribution in [3.63, 3.8) is 0 Å². The summed E-state index contributed by atoms with van der Waals surface area (Å²) in [6.45, 7) is 2.19. The van der Waals surface area contributed by atoms with Crippen LogP contribution in [0.1, 0.15) is 56.4 Å². The van der Waals surface area contributed by atoms with Crippen LogP contribution in [0, 0.1) is 0 Å². The SMILES string of the molecule is CCCCCCCC(=O)C(Cl)c1ccccc1. The normalized spacial score (nSPS) is 12.4. The second kappa shape index (κ2) is 8.30. The van der Waals surface area contributed by atoms with Gasteiger partial charge in [-0.15, -0.1) is 11.6 Å². The minimum Gasteiger partial charge on any atom is -0.298 e. The summed E-state index contributed by atoms with van der Waals surface area (Å²) >= 11 is 6.15. The number of carbonyl (C=O) groups excluding carboxylic acids is 1.